The second kappa shape index (κ2) is 6.96. The molecular formula is C19H15FN6O. The number of hydrogen-bond acceptors (Lipinski definition) is 6. The summed E-state index contributed by atoms with van der Waals surface area (Å²) >= 11 is 0. The molecule has 0 spiro atoms. The van der Waals surface area contributed by atoms with E-state index in [0.717, 1.165) is 19.0 Å². The zero-order valence-corrected chi connectivity index (χ0v) is 14.5. The molecule has 0 saturated heterocycles. The second-order valence-corrected chi connectivity index (χ2v) is 6.13. The molecule has 134 valence electrons. The monoisotopic (exact) mass is 362 g/mol. The number of rotatable bonds is 3. The highest BCUT2D eigenvalue weighted by Gasteiger charge is 2.30. The summed E-state index contributed by atoms with van der Waals surface area (Å²) < 4.78 is 13.8. The topological polar surface area (TPSA) is 92.7 Å². The van der Waals surface area contributed by atoms with E-state index in [1.54, 1.807) is 19.3 Å². The fourth-order valence-electron chi connectivity index (χ4n) is 2.56. The van der Waals surface area contributed by atoms with E-state index in [1.165, 1.54) is 12.3 Å². The maximum absolute atomic E-state index is 13.8. The van der Waals surface area contributed by atoms with Crippen molar-refractivity contribution in [2.24, 2.45) is 5.92 Å². The number of amides is 1. The number of aromatic nitrogens is 4. The van der Waals surface area contributed by atoms with Crippen molar-refractivity contribution in [2.75, 3.05) is 17.7 Å². The molecule has 1 aliphatic rings. The number of pyridine rings is 2. The molecule has 1 fully saturated rings. The lowest BCUT2D eigenvalue weighted by molar-refractivity contribution is -0.117. The normalized spacial score (nSPS) is 13.0. The molecule has 3 heterocycles. The molecule has 3 aromatic heterocycles. The first-order valence-electron chi connectivity index (χ1n) is 8.42. The van der Waals surface area contributed by atoms with Crippen LogP contribution in [0.3, 0.4) is 0 Å². The molecule has 0 aromatic carbocycles. The Morgan fingerprint density at radius 2 is 2.04 bits per heavy atom. The van der Waals surface area contributed by atoms with Gasteiger partial charge in [-0.05, 0) is 25.0 Å². The fourth-order valence-corrected chi connectivity index (χ4v) is 2.56. The van der Waals surface area contributed by atoms with Crippen LogP contribution in [0.2, 0.25) is 0 Å². The first-order valence-corrected chi connectivity index (χ1v) is 8.42. The number of carbonyl (C=O) groups is 1. The van der Waals surface area contributed by atoms with Gasteiger partial charge in [-0.3, -0.25) is 9.78 Å². The summed E-state index contributed by atoms with van der Waals surface area (Å²) in [6.07, 6.45) is 5.96. The molecule has 2 N–H and O–H groups in total. The van der Waals surface area contributed by atoms with Crippen molar-refractivity contribution in [2.45, 2.75) is 12.8 Å². The Morgan fingerprint density at radius 3 is 2.78 bits per heavy atom. The Morgan fingerprint density at radius 1 is 1.22 bits per heavy atom. The smallest absolute Gasteiger partial charge is 0.228 e. The van der Waals surface area contributed by atoms with Crippen molar-refractivity contribution in [3.8, 4) is 11.8 Å². The average Bonchev–Trinajstić information content (AvgIpc) is 3.52. The number of halogens is 1. The van der Waals surface area contributed by atoms with Gasteiger partial charge in [-0.1, -0.05) is 11.8 Å². The highest BCUT2D eigenvalue weighted by atomic mass is 19.1. The minimum Gasteiger partial charge on any atom is -0.371 e. The summed E-state index contributed by atoms with van der Waals surface area (Å²) in [4.78, 5) is 20.0. The molecule has 0 aliphatic heterocycles. The number of nitrogens with zero attached hydrogens (tertiary/aromatic N) is 4. The van der Waals surface area contributed by atoms with Gasteiger partial charge in [0.25, 0.3) is 0 Å². The predicted molar refractivity (Wildman–Crippen MR) is 98.4 cm³/mol. The van der Waals surface area contributed by atoms with E-state index in [1.807, 2.05) is 0 Å². The van der Waals surface area contributed by atoms with E-state index < -0.39 is 5.82 Å². The number of fused-ring (bicyclic) bond motifs is 1. The van der Waals surface area contributed by atoms with Crippen molar-refractivity contribution in [1.82, 2.24) is 20.2 Å². The van der Waals surface area contributed by atoms with Crippen LogP contribution < -0.4 is 10.6 Å². The van der Waals surface area contributed by atoms with Gasteiger partial charge >= 0.3 is 0 Å². The van der Waals surface area contributed by atoms with Crippen LogP contribution in [-0.2, 0) is 4.79 Å². The van der Waals surface area contributed by atoms with Gasteiger partial charge < -0.3 is 10.6 Å². The SMILES string of the molecule is CNc1ncc(C#Cc2ccncc2F)c2cc(NC(=O)C3CC3)nnc12. The molecule has 1 saturated carbocycles. The van der Waals surface area contributed by atoms with E-state index in [4.69, 9.17) is 0 Å². The largest absolute Gasteiger partial charge is 0.371 e. The van der Waals surface area contributed by atoms with Crippen LogP contribution in [-0.4, -0.2) is 33.1 Å². The fraction of sp³-hybridized carbons (Fsp3) is 0.211. The van der Waals surface area contributed by atoms with Gasteiger partial charge in [0.2, 0.25) is 5.91 Å². The lowest BCUT2D eigenvalue weighted by Gasteiger charge is -2.08. The van der Waals surface area contributed by atoms with Gasteiger partial charge in [-0.2, -0.15) is 0 Å². The third kappa shape index (κ3) is 3.53. The Labute approximate surface area is 154 Å². The second-order valence-electron chi connectivity index (χ2n) is 6.13. The Bertz CT molecular complexity index is 1100. The van der Waals surface area contributed by atoms with Crippen molar-refractivity contribution in [1.29, 1.82) is 0 Å². The zero-order valence-electron chi connectivity index (χ0n) is 14.5. The van der Waals surface area contributed by atoms with Gasteiger partial charge in [-0.15, -0.1) is 10.2 Å². The lowest BCUT2D eigenvalue weighted by Crippen LogP contribution is -2.15. The molecule has 27 heavy (non-hydrogen) atoms. The van der Waals surface area contributed by atoms with Gasteiger partial charge in [0.1, 0.15) is 5.52 Å². The van der Waals surface area contributed by atoms with Crippen LogP contribution in [0, 0.1) is 23.6 Å². The summed E-state index contributed by atoms with van der Waals surface area (Å²) in [7, 11) is 1.73. The van der Waals surface area contributed by atoms with E-state index in [2.05, 4.69) is 42.6 Å². The third-order valence-corrected chi connectivity index (χ3v) is 4.17. The zero-order chi connectivity index (χ0) is 18.8. The molecule has 8 heteroatoms. The van der Waals surface area contributed by atoms with E-state index in [0.29, 0.717) is 28.1 Å². The van der Waals surface area contributed by atoms with E-state index in [-0.39, 0.29) is 17.4 Å². The van der Waals surface area contributed by atoms with Crippen LogP contribution in [0.15, 0.2) is 30.7 Å². The number of anilines is 2. The summed E-state index contributed by atoms with van der Waals surface area (Å²) in [5.74, 6) is 6.11. The number of hydrogen-bond donors (Lipinski definition) is 2. The number of nitrogens with one attached hydrogen (secondary N) is 2. The summed E-state index contributed by atoms with van der Waals surface area (Å²) in [5.41, 5.74) is 1.31. The standard InChI is InChI=1S/C19H15FN6O/c1-21-18-17-14(8-16(25-26-17)24-19(27)12-3-4-12)13(9-23-18)5-2-11-6-7-22-10-15(11)20/h6-10,12H,3-4H2,1H3,(H,21,23)(H,24,25,27). The van der Waals surface area contributed by atoms with Crippen molar-refractivity contribution < 1.29 is 9.18 Å². The highest BCUT2D eigenvalue weighted by molar-refractivity contribution is 5.97. The molecular weight excluding hydrogens is 347 g/mol. The first-order chi connectivity index (χ1) is 13.2. The van der Waals surface area contributed by atoms with Crippen molar-refractivity contribution in [3.63, 3.8) is 0 Å². The Kier molecular flexibility index (Phi) is 4.34. The minimum absolute atomic E-state index is 0.0572. The van der Waals surface area contributed by atoms with Gasteiger partial charge in [0.15, 0.2) is 17.5 Å². The van der Waals surface area contributed by atoms with Gasteiger partial charge in [0.05, 0.1) is 17.3 Å². The number of carbonyl (C=O) groups excluding carboxylic acids is 1. The van der Waals surface area contributed by atoms with Crippen LogP contribution in [0.4, 0.5) is 16.0 Å². The molecule has 4 rings (SSSR count). The highest BCUT2D eigenvalue weighted by Crippen LogP contribution is 2.30. The van der Waals surface area contributed by atoms with Gasteiger partial charge in [-0.25, -0.2) is 9.37 Å². The first kappa shape index (κ1) is 16.8. The maximum atomic E-state index is 13.8. The average molecular weight is 362 g/mol. The minimum atomic E-state index is -0.494. The lowest BCUT2D eigenvalue weighted by atomic mass is 10.1. The summed E-state index contributed by atoms with van der Waals surface area (Å²) in [5, 5.41) is 14.6. The Balaban J connectivity index is 1.77. The van der Waals surface area contributed by atoms with Crippen molar-refractivity contribution >= 4 is 28.4 Å². The van der Waals surface area contributed by atoms with Crippen LogP contribution in [0.25, 0.3) is 10.9 Å². The molecule has 0 unspecified atom stereocenters. The molecule has 1 amide bonds. The molecule has 1 aliphatic carbocycles. The van der Waals surface area contributed by atoms with E-state index in [9.17, 15) is 9.18 Å². The predicted octanol–water partition coefficient (Wildman–Crippen LogP) is 2.35. The van der Waals surface area contributed by atoms with Gasteiger partial charge in [0, 0.05) is 30.7 Å². The quantitative estimate of drug-likeness (QED) is 0.695. The van der Waals surface area contributed by atoms with Crippen molar-refractivity contribution in [3.05, 3.63) is 47.7 Å². The molecule has 7 nitrogen and oxygen atoms in total. The third-order valence-electron chi connectivity index (χ3n) is 4.17. The van der Waals surface area contributed by atoms with Crippen LogP contribution >= 0.6 is 0 Å². The van der Waals surface area contributed by atoms with E-state index >= 15 is 0 Å². The maximum Gasteiger partial charge on any atom is 0.228 e. The molecule has 3 aromatic rings. The summed E-state index contributed by atoms with van der Waals surface area (Å²) in [6, 6.07) is 3.21. The van der Waals surface area contributed by atoms with Crippen LogP contribution in [0.1, 0.15) is 24.0 Å². The molecule has 0 bridgehead atoms. The van der Waals surface area contributed by atoms with Crippen LogP contribution in [0.5, 0.6) is 0 Å². The Hall–Kier alpha value is -3.60. The molecule has 0 radical (unpaired) electrons. The molecule has 0 atom stereocenters. The summed E-state index contributed by atoms with van der Waals surface area (Å²) in [6.45, 7) is 0.